The maximum atomic E-state index is 4.88. The van der Waals surface area contributed by atoms with E-state index in [1.165, 1.54) is 17.0 Å². The Kier molecular flexibility index (Phi) is 4.44. The summed E-state index contributed by atoms with van der Waals surface area (Å²) in [5.74, 6) is 0. The van der Waals surface area contributed by atoms with Crippen LogP contribution in [0, 0.1) is 6.92 Å². The Balaban J connectivity index is 1.59. The van der Waals surface area contributed by atoms with Crippen LogP contribution in [-0.4, -0.2) is 32.8 Å². The molecule has 0 unspecified atom stereocenters. The number of aryl methyl sites for hydroxylation is 2. The summed E-state index contributed by atoms with van der Waals surface area (Å²) in [7, 11) is 2.02. The summed E-state index contributed by atoms with van der Waals surface area (Å²) in [5.41, 5.74) is 3.98. The second kappa shape index (κ2) is 6.73. The van der Waals surface area contributed by atoms with Gasteiger partial charge in [-0.15, -0.1) is 11.3 Å². The number of hydrogen-bond acceptors (Lipinski definition) is 4. The molecule has 4 rings (SSSR count). The molecule has 2 aromatic heterocycles. The number of thiazole rings is 1. The third kappa shape index (κ3) is 3.14. The van der Waals surface area contributed by atoms with Crippen molar-refractivity contribution in [3.05, 3.63) is 69.9 Å². The predicted octanol–water partition coefficient (Wildman–Crippen LogP) is 3.77. The average Bonchev–Trinajstić information content (AvgIpc) is 3.26. The molecule has 25 heavy (non-hydrogen) atoms. The molecule has 1 aliphatic heterocycles. The number of likely N-dealkylation sites (tertiary alicyclic amines) is 1. The predicted molar refractivity (Wildman–Crippen MR) is 102 cm³/mol. The van der Waals surface area contributed by atoms with Crippen LogP contribution in [0.25, 0.3) is 0 Å². The lowest BCUT2D eigenvalue weighted by molar-refractivity contribution is 0.167. The monoisotopic (exact) mass is 352 g/mol. The van der Waals surface area contributed by atoms with Gasteiger partial charge in [0.2, 0.25) is 0 Å². The Bertz CT molecular complexity index is 828. The third-order valence-corrected chi connectivity index (χ3v) is 6.23. The lowest BCUT2D eigenvalue weighted by Crippen LogP contribution is -2.43. The number of aromatic nitrogens is 3. The molecule has 0 atom stereocenters. The molecule has 5 heteroatoms. The molecule has 1 fully saturated rings. The number of rotatable bonds is 4. The largest absolute Gasteiger partial charge is 0.297 e. The van der Waals surface area contributed by atoms with Gasteiger partial charge < -0.3 is 0 Å². The highest BCUT2D eigenvalue weighted by atomic mass is 32.1. The molecule has 0 radical (unpaired) electrons. The smallest absolute Gasteiger partial charge is 0.0897 e. The van der Waals surface area contributed by atoms with Gasteiger partial charge in [-0.05, 0) is 44.5 Å². The molecule has 3 heterocycles. The van der Waals surface area contributed by atoms with Gasteiger partial charge in [0.25, 0.3) is 0 Å². The van der Waals surface area contributed by atoms with Crippen molar-refractivity contribution >= 4 is 11.3 Å². The SMILES string of the molecule is Cc1nc(C2(c3ccccc3)CCN(Cc3ccnn3C)CC2)cs1. The van der Waals surface area contributed by atoms with E-state index in [1.807, 2.05) is 17.9 Å². The highest BCUT2D eigenvalue weighted by Gasteiger charge is 2.39. The molecule has 1 saturated heterocycles. The molecule has 0 spiro atoms. The summed E-state index contributed by atoms with van der Waals surface area (Å²) in [5, 5.41) is 7.71. The zero-order valence-electron chi connectivity index (χ0n) is 14.9. The zero-order valence-corrected chi connectivity index (χ0v) is 15.7. The highest BCUT2D eigenvalue weighted by molar-refractivity contribution is 7.09. The van der Waals surface area contributed by atoms with Crippen LogP contribution in [-0.2, 0) is 19.0 Å². The number of piperidine rings is 1. The Labute approximate surface area is 153 Å². The lowest BCUT2D eigenvalue weighted by Gasteiger charge is -2.41. The topological polar surface area (TPSA) is 34.0 Å². The molecule has 0 aliphatic carbocycles. The average molecular weight is 353 g/mol. The van der Waals surface area contributed by atoms with Gasteiger partial charge in [-0.25, -0.2) is 4.98 Å². The molecular weight excluding hydrogens is 328 g/mol. The van der Waals surface area contributed by atoms with Crippen molar-refractivity contribution < 1.29 is 0 Å². The molecule has 0 amide bonds. The second-order valence-electron chi connectivity index (χ2n) is 6.92. The van der Waals surface area contributed by atoms with Crippen molar-refractivity contribution in [2.24, 2.45) is 7.05 Å². The van der Waals surface area contributed by atoms with Gasteiger partial charge in [-0.3, -0.25) is 9.58 Å². The Morgan fingerprint density at radius 2 is 1.88 bits per heavy atom. The van der Waals surface area contributed by atoms with Gasteiger partial charge in [0.05, 0.1) is 16.4 Å². The van der Waals surface area contributed by atoms with Crippen LogP contribution in [0.15, 0.2) is 48.0 Å². The third-order valence-electron chi connectivity index (χ3n) is 5.45. The molecule has 3 aromatic rings. The van der Waals surface area contributed by atoms with E-state index in [2.05, 4.69) is 58.7 Å². The maximum absolute atomic E-state index is 4.88. The van der Waals surface area contributed by atoms with Crippen molar-refractivity contribution in [1.82, 2.24) is 19.7 Å². The van der Waals surface area contributed by atoms with Crippen LogP contribution < -0.4 is 0 Å². The molecule has 4 nitrogen and oxygen atoms in total. The van der Waals surface area contributed by atoms with E-state index >= 15 is 0 Å². The Morgan fingerprint density at radius 1 is 1.12 bits per heavy atom. The summed E-state index contributed by atoms with van der Waals surface area (Å²) in [6.45, 7) is 5.23. The van der Waals surface area contributed by atoms with Crippen LogP contribution in [0.4, 0.5) is 0 Å². The van der Waals surface area contributed by atoms with Crippen molar-refractivity contribution in [1.29, 1.82) is 0 Å². The molecule has 130 valence electrons. The first kappa shape index (κ1) is 16.5. The molecule has 1 aliphatic rings. The lowest BCUT2D eigenvalue weighted by atomic mass is 9.70. The minimum Gasteiger partial charge on any atom is -0.297 e. The summed E-state index contributed by atoms with van der Waals surface area (Å²) < 4.78 is 1.98. The van der Waals surface area contributed by atoms with Gasteiger partial charge in [-0.2, -0.15) is 5.10 Å². The number of benzene rings is 1. The normalized spacial score (nSPS) is 17.7. The molecule has 1 aromatic carbocycles. The first-order valence-electron chi connectivity index (χ1n) is 8.85. The van der Waals surface area contributed by atoms with Gasteiger partial charge in [0.1, 0.15) is 0 Å². The van der Waals surface area contributed by atoms with Gasteiger partial charge in [0.15, 0.2) is 0 Å². The Hall–Kier alpha value is -1.98. The van der Waals surface area contributed by atoms with Crippen LogP contribution in [0.3, 0.4) is 0 Å². The van der Waals surface area contributed by atoms with E-state index in [0.29, 0.717) is 0 Å². The fraction of sp³-hybridized carbons (Fsp3) is 0.400. The van der Waals surface area contributed by atoms with Gasteiger partial charge in [0, 0.05) is 30.6 Å². The standard InChI is InChI=1S/C20H24N4S/c1-16-22-19(15-25-16)20(17-6-4-3-5-7-17)9-12-24(13-10-20)14-18-8-11-21-23(18)2/h3-8,11,15H,9-10,12-14H2,1-2H3. The maximum Gasteiger partial charge on any atom is 0.0897 e. The molecule has 0 saturated carbocycles. The first-order valence-corrected chi connectivity index (χ1v) is 9.73. The van der Waals surface area contributed by atoms with Crippen molar-refractivity contribution in [2.75, 3.05) is 13.1 Å². The van der Waals surface area contributed by atoms with Crippen LogP contribution in [0.2, 0.25) is 0 Å². The fourth-order valence-corrected chi connectivity index (χ4v) is 4.62. The van der Waals surface area contributed by atoms with E-state index in [0.717, 1.165) is 37.5 Å². The zero-order chi connectivity index (χ0) is 17.3. The molecule has 0 bridgehead atoms. The van der Waals surface area contributed by atoms with Crippen LogP contribution >= 0.6 is 11.3 Å². The van der Waals surface area contributed by atoms with E-state index in [1.54, 1.807) is 11.3 Å². The highest BCUT2D eigenvalue weighted by Crippen LogP contribution is 2.42. The van der Waals surface area contributed by atoms with E-state index < -0.39 is 0 Å². The van der Waals surface area contributed by atoms with Crippen molar-refractivity contribution in [2.45, 2.75) is 31.7 Å². The van der Waals surface area contributed by atoms with Gasteiger partial charge in [-0.1, -0.05) is 30.3 Å². The number of hydrogen-bond donors (Lipinski definition) is 0. The fourth-order valence-electron chi connectivity index (χ4n) is 3.91. The van der Waals surface area contributed by atoms with Gasteiger partial charge >= 0.3 is 0 Å². The summed E-state index contributed by atoms with van der Waals surface area (Å²) in [4.78, 5) is 7.42. The molecule has 0 N–H and O–H groups in total. The molecular formula is C20H24N4S. The summed E-state index contributed by atoms with van der Waals surface area (Å²) in [6, 6.07) is 13.1. The van der Waals surface area contributed by atoms with Crippen LogP contribution in [0.5, 0.6) is 0 Å². The first-order chi connectivity index (χ1) is 12.2. The minimum absolute atomic E-state index is 0.0506. The Morgan fingerprint density at radius 3 is 2.48 bits per heavy atom. The quantitative estimate of drug-likeness (QED) is 0.717. The summed E-state index contributed by atoms with van der Waals surface area (Å²) >= 11 is 1.76. The summed E-state index contributed by atoms with van der Waals surface area (Å²) in [6.07, 6.45) is 4.10. The van der Waals surface area contributed by atoms with Crippen molar-refractivity contribution in [3.8, 4) is 0 Å². The number of nitrogens with zero attached hydrogens (tertiary/aromatic N) is 4. The second-order valence-corrected chi connectivity index (χ2v) is 7.98. The van der Waals surface area contributed by atoms with E-state index in [4.69, 9.17) is 4.98 Å². The minimum atomic E-state index is 0.0506. The van der Waals surface area contributed by atoms with Crippen molar-refractivity contribution in [3.63, 3.8) is 0 Å². The van der Waals surface area contributed by atoms with E-state index in [-0.39, 0.29) is 5.41 Å². The van der Waals surface area contributed by atoms with Crippen LogP contribution in [0.1, 0.15) is 34.8 Å². The van der Waals surface area contributed by atoms with E-state index in [9.17, 15) is 0 Å².